The Morgan fingerprint density at radius 1 is 1.00 bits per heavy atom. The molecule has 0 bridgehead atoms. The molecule has 1 fully saturated rings. The second kappa shape index (κ2) is 9.16. The number of nitrogens with zero attached hydrogens (tertiary/aromatic N) is 2. The van der Waals surface area contributed by atoms with Gasteiger partial charge in [-0.05, 0) is 55.3 Å². The van der Waals surface area contributed by atoms with Crippen LogP contribution in [0.2, 0.25) is 0 Å². The molecule has 2 aliphatic rings. The van der Waals surface area contributed by atoms with Crippen molar-refractivity contribution in [2.24, 2.45) is 0 Å². The molecule has 0 unspecified atom stereocenters. The zero-order chi connectivity index (χ0) is 25.5. The van der Waals surface area contributed by atoms with Crippen LogP contribution >= 0.6 is 0 Å². The highest BCUT2D eigenvalue weighted by molar-refractivity contribution is 6.10. The molecule has 1 saturated heterocycles. The molecule has 2 aliphatic heterocycles. The lowest BCUT2D eigenvalue weighted by molar-refractivity contribution is -0.128. The third-order valence-electron chi connectivity index (χ3n) is 6.92. The lowest BCUT2D eigenvalue weighted by Crippen LogP contribution is -2.31. The monoisotopic (exact) mass is 498 g/mol. The number of nitrogens with one attached hydrogen (secondary N) is 2. The Morgan fingerprint density at radius 2 is 1.81 bits per heavy atom. The smallest absolute Gasteiger partial charge is 0.325 e. The second-order valence-electron chi connectivity index (χ2n) is 9.19. The Bertz CT molecular complexity index is 1560. The normalized spacial score (nSPS) is 16.6. The van der Waals surface area contributed by atoms with Gasteiger partial charge in [-0.2, -0.15) is 0 Å². The average Bonchev–Trinajstić information content (AvgIpc) is 3.57. The number of para-hydroxylation sites is 1. The number of ether oxygens (including phenoxy) is 2. The van der Waals surface area contributed by atoms with E-state index in [-0.39, 0.29) is 38.0 Å². The molecule has 0 saturated carbocycles. The number of carbonyl (C=O) groups is 3. The quantitative estimate of drug-likeness (QED) is 0.368. The molecule has 4 aromatic rings. The van der Waals surface area contributed by atoms with Gasteiger partial charge in [-0.1, -0.05) is 24.3 Å². The van der Waals surface area contributed by atoms with Crippen molar-refractivity contribution in [2.45, 2.75) is 38.9 Å². The van der Waals surface area contributed by atoms with Crippen molar-refractivity contribution in [1.82, 2.24) is 14.8 Å². The van der Waals surface area contributed by atoms with Gasteiger partial charge in [-0.3, -0.25) is 14.5 Å². The number of benzene rings is 3. The van der Waals surface area contributed by atoms with Crippen molar-refractivity contribution >= 4 is 45.3 Å². The van der Waals surface area contributed by atoms with E-state index < -0.39 is 12.1 Å². The van der Waals surface area contributed by atoms with Gasteiger partial charge in [0.1, 0.15) is 6.04 Å². The zero-order valence-corrected chi connectivity index (χ0v) is 20.3. The largest absolute Gasteiger partial charge is 0.454 e. The number of fused-ring (bicyclic) bond motifs is 4. The lowest BCUT2D eigenvalue weighted by Gasteiger charge is -2.13. The summed E-state index contributed by atoms with van der Waals surface area (Å²) in [5.41, 5.74) is 3.72. The standard InChI is InChI=1S/C28H26N4O5/c1-2-31-22-6-4-3-5-19(22)20-14-18(8-10-23(20)31)29-26(33)12-9-21-27(34)32(28(35)30-21)15-17-7-11-24-25(13-17)37-16-36-24/h3-8,10-11,13-14,21H,2,9,12,15-16H2,1H3,(H,29,33)(H,30,35)/t21-/m0/s1. The number of hydrogen-bond acceptors (Lipinski definition) is 5. The molecule has 3 aromatic carbocycles. The molecular weight excluding hydrogens is 472 g/mol. The Morgan fingerprint density at radius 3 is 2.68 bits per heavy atom. The maximum absolute atomic E-state index is 12.9. The third-order valence-corrected chi connectivity index (χ3v) is 6.92. The van der Waals surface area contributed by atoms with E-state index in [1.54, 1.807) is 18.2 Å². The van der Waals surface area contributed by atoms with Crippen LogP contribution in [0.5, 0.6) is 11.5 Å². The average molecular weight is 499 g/mol. The van der Waals surface area contributed by atoms with Gasteiger partial charge < -0.3 is 24.7 Å². The molecular formula is C28H26N4O5. The van der Waals surface area contributed by atoms with E-state index in [4.69, 9.17) is 9.47 Å². The van der Waals surface area contributed by atoms with Gasteiger partial charge >= 0.3 is 6.03 Å². The summed E-state index contributed by atoms with van der Waals surface area (Å²) in [6.07, 6.45) is 0.314. The van der Waals surface area contributed by atoms with Crippen LogP contribution in [0.1, 0.15) is 25.3 Å². The van der Waals surface area contributed by atoms with E-state index in [1.807, 2.05) is 30.3 Å². The molecule has 0 radical (unpaired) electrons. The topological polar surface area (TPSA) is 102 Å². The molecule has 3 heterocycles. The third kappa shape index (κ3) is 4.12. The number of rotatable bonds is 7. The summed E-state index contributed by atoms with van der Waals surface area (Å²) in [5.74, 6) is 0.675. The molecule has 0 spiro atoms. The van der Waals surface area contributed by atoms with E-state index in [0.717, 1.165) is 38.8 Å². The number of aryl methyl sites for hydroxylation is 1. The van der Waals surface area contributed by atoms with Crippen LogP contribution in [0, 0.1) is 0 Å². The molecule has 6 rings (SSSR count). The van der Waals surface area contributed by atoms with E-state index in [0.29, 0.717) is 17.2 Å². The first-order chi connectivity index (χ1) is 18.0. The van der Waals surface area contributed by atoms with Gasteiger partial charge in [0.2, 0.25) is 12.7 Å². The summed E-state index contributed by atoms with van der Waals surface area (Å²) in [6.45, 7) is 3.24. The van der Waals surface area contributed by atoms with E-state index in [1.165, 1.54) is 0 Å². The number of amides is 4. The number of carbonyl (C=O) groups excluding carboxylic acids is 3. The van der Waals surface area contributed by atoms with Crippen molar-refractivity contribution in [3.63, 3.8) is 0 Å². The van der Waals surface area contributed by atoms with Gasteiger partial charge in [0.15, 0.2) is 11.5 Å². The van der Waals surface area contributed by atoms with Gasteiger partial charge in [0, 0.05) is 40.5 Å². The highest BCUT2D eigenvalue weighted by atomic mass is 16.7. The maximum atomic E-state index is 12.9. The fourth-order valence-electron chi connectivity index (χ4n) is 5.12. The minimum absolute atomic E-state index is 0.101. The van der Waals surface area contributed by atoms with Crippen LogP contribution in [0.4, 0.5) is 10.5 Å². The summed E-state index contributed by atoms with van der Waals surface area (Å²) < 4.78 is 12.9. The fraction of sp³-hybridized carbons (Fsp3) is 0.250. The van der Waals surface area contributed by atoms with Crippen molar-refractivity contribution in [3.05, 3.63) is 66.2 Å². The van der Waals surface area contributed by atoms with Crippen LogP contribution in [0.15, 0.2) is 60.7 Å². The predicted molar refractivity (Wildman–Crippen MR) is 138 cm³/mol. The summed E-state index contributed by atoms with van der Waals surface area (Å²) >= 11 is 0. The Labute approximate surface area is 212 Å². The first kappa shape index (κ1) is 22.9. The summed E-state index contributed by atoms with van der Waals surface area (Å²) in [5, 5.41) is 7.85. The summed E-state index contributed by atoms with van der Waals surface area (Å²) in [4.78, 5) is 39.2. The van der Waals surface area contributed by atoms with Crippen LogP contribution in [0.25, 0.3) is 21.8 Å². The van der Waals surface area contributed by atoms with Gasteiger partial charge in [-0.15, -0.1) is 0 Å². The van der Waals surface area contributed by atoms with Crippen LogP contribution in [0.3, 0.4) is 0 Å². The number of imide groups is 1. The van der Waals surface area contributed by atoms with E-state index >= 15 is 0 Å². The van der Waals surface area contributed by atoms with E-state index in [2.05, 4.69) is 34.3 Å². The second-order valence-corrected chi connectivity index (χ2v) is 9.19. The number of anilines is 1. The van der Waals surface area contributed by atoms with Crippen molar-refractivity contribution < 1.29 is 23.9 Å². The van der Waals surface area contributed by atoms with Crippen LogP contribution in [-0.4, -0.2) is 40.1 Å². The van der Waals surface area contributed by atoms with Gasteiger partial charge in [0.25, 0.3) is 5.91 Å². The van der Waals surface area contributed by atoms with Crippen molar-refractivity contribution in [2.75, 3.05) is 12.1 Å². The van der Waals surface area contributed by atoms with Gasteiger partial charge in [0.05, 0.1) is 6.54 Å². The van der Waals surface area contributed by atoms with E-state index in [9.17, 15) is 14.4 Å². The SMILES string of the molecule is CCn1c2ccccc2c2cc(NC(=O)CC[C@@H]3NC(=O)N(Cc4ccc5c(c4)OCO5)C3=O)ccc21. The number of aromatic nitrogens is 1. The predicted octanol–water partition coefficient (Wildman–Crippen LogP) is 4.38. The Balaban J connectivity index is 1.09. The minimum atomic E-state index is -0.739. The molecule has 0 aliphatic carbocycles. The zero-order valence-electron chi connectivity index (χ0n) is 20.3. The Hall–Kier alpha value is -4.53. The lowest BCUT2D eigenvalue weighted by atomic mass is 10.1. The molecule has 188 valence electrons. The summed E-state index contributed by atoms with van der Waals surface area (Å²) in [6, 6.07) is 18.2. The highest BCUT2D eigenvalue weighted by Crippen LogP contribution is 2.33. The number of hydrogen-bond donors (Lipinski definition) is 2. The molecule has 4 amide bonds. The molecule has 37 heavy (non-hydrogen) atoms. The molecule has 1 aromatic heterocycles. The van der Waals surface area contributed by atoms with Crippen molar-refractivity contribution in [3.8, 4) is 11.5 Å². The van der Waals surface area contributed by atoms with Gasteiger partial charge in [-0.25, -0.2) is 4.79 Å². The highest BCUT2D eigenvalue weighted by Gasteiger charge is 2.38. The van der Waals surface area contributed by atoms with Crippen LogP contribution in [-0.2, 0) is 22.7 Å². The molecule has 2 N–H and O–H groups in total. The molecule has 9 nitrogen and oxygen atoms in total. The Kier molecular flexibility index (Phi) is 5.67. The first-order valence-corrected chi connectivity index (χ1v) is 12.3. The molecule has 1 atom stereocenters. The first-order valence-electron chi connectivity index (χ1n) is 12.3. The summed E-state index contributed by atoms with van der Waals surface area (Å²) in [7, 11) is 0. The minimum Gasteiger partial charge on any atom is -0.454 e. The van der Waals surface area contributed by atoms with Crippen LogP contribution < -0.4 is 20.1 Å². The van der Waals surface area contributed by atoms with Crippen molar-refractivity contribution in [1.29, 1.82) is 0 Å². The fourth-order valence-corrected chi connectivity index (χ4v) is 5.12. The number of urea groups is 1. The maximum Gasteiger partial charge on any atom is 0.325 e. The molecule has 9 heteroatoms.